The topological polar surface area (TPSA) is 129 Å². The van der Waals surface area contributed by atoms with Crippen molar-refractivity contribution in [1.29, 1.82) is 0 Å². The zero-order valence-electron chi connectivity index (χ0n) is 20.1. The maximum Gasteiger partial charge on any atom is 0.513 e. The second kappa shape index (κ2) is 9.68. The van der Waals surface area contributed by atoms with Gasteiger partial charge in [-0.05, 0) is 22.9 Å². The second-order valence-electron chi connectivity index (χ2n) is 8.07. The fraction of sp³-hybridized carbons (Fsp3) is 0.0714. The second-order valence-corrected chi connectivity index (χ2v) is 8.07. The Labute approximate surface area is 215 Å². The molecule has 0 radical (unpaired) electrons. The monoisotopic (exact) mass is 513 g/mol. The molecule has 0 saturated heterocycles. The third-order valence-corrected chi connectivity index (χ3v) is 6.06. The number of carbonyl (C=O) groups is 4. The van der Waals surface area contributed by atoms with E-state index in [2.05, 4.69) is 9.47 Å². The summed E-state index contributed by atoms with van der Waals surface area (Å²) in [6, 6.07) is 19.8. The number of hydrogen-bond acceptors (Lipinski definition) is 9. The maximum absolute atomic E-state index is 13.3. The number of nitrogens with zero attached hydrogens (tertiary/aromatic N) is 1. The van der Waals surface area contributed by atoms with Crippen molar-refractivity contribution in [3.63, 3.8) is 0 Å². The Morgan fingerprint density at radius 2 is 0.974 bits per heavy atom. The normalized spacial score (nSPS) is 12.3. The largest absolute Gasteiger partial charge is 0.513 e. The maximum atomic E-state index is 13.3. The average molecular weight is 513 g/mol. The highest BCUT2D eigenvalue weighted by atomic mass is 16.7. The van der Waals surface area contributed by atoms with Gasteiger partial charge in [0.25, 0.3) is 11.8 Å². The van der Waals surface area contributed by atoms with E-state index in [9.17, 15) is 24.4 Å². The van der Waals surface area contributed by atoms with E-state index in [1.807, 2.05) is 0 Å². The van der Waals surface area contributed by atoms with Crippen LogP contribution in [0.15, 0.2) is 72.8 Å². The van der Waals surface area contributed by atoms with E-state index in [1.54, 1.807) is 60.7 Å². The van der Waals surface area contributed by atoms with Gasteiger partial charge in [-0.1, -0.05) is 60.7 Å². The van der Waals surface area contributed by atoms with Crippen molar-refractivity contribution in [1.82, 2.24) is 5.06 Å². The minimum absolute atomic E-state index is 0.0318. The first-order valence-electron chi connectivity index (χ1n) is 11.2. The fourth-order valence-electron chi connectivity index (χ4n) is 4.52. The molecule has 0 unspecified atom stereocenters. The molecule has 0 spiro atoms. The van der Waals surface area contributed by atoms with Crippen molar-refractivity contribution in [2.45, 2.75) is 0 Å². The van der Waals surface area contributed by atoms with Crippen molar-refractivity contribution in [3.05, 3.63) is 83.9 Å². The van der Waals surface area contributed by atoms with Gasteiger partial charge >= 0.3 is 12.3 Å². The first-order chi connectivity index (χ1) is 18.4. The van der Waals surface area contributed by atoms with E-state index in [-0.39, 0.29) is 38.8 Å². The number of ether oxygens (including phenoxy) is 4. The first kappa shape index (κ1) is 24.5. The van der Waals surface area contributed by atoms with Gasteiger partial charge in [-0.3, -0.25) is 14.8 Å². The van der Waals surface area contributed by atoms with Gasteiger partial charge in [0.2, 0.25) is 0 Å². The van der Waals surface area contributed by atoms with Crippen molar-refractivity contribution in [2.75, 3.05) is 14.2 Å². The number of fused-ring (bicyclic) bond motifs is 2. The Hall–Kier alpha value is -5.22. The van der Waals surface area contributed by atoms with Crippen LogP contribution in [0.5, 0.6) is 11.5 Å². The van der Waals surface area contributed by atoms with E-state index in [0.29, 0.717) is 21.9 Å². The molecular weight excluding hydrogens is 494 g/mol. The van der Waals surface area contributed by atoms with Crippen molar-refractivity contribution in [2.24, 2.45) is 0 Å². The Kier molecular flexibility index (Phi) is 6.23. The van der Waals surface area contributed by atoms with Crippen LogP contribution in [0.25, 0.3) is 33.0 Å². The number of imide groups is 1. The molecule has 0 fully saturated rings. The fourth-order valence-corrected chi connectivity index (χ4v) is 4.52. The summed E-state index contributed by atoms with van der Waals surface area (Å²) in [6.07, 6.45) is -1.95. The molecule has 10 heteroatoms. The van der Waals surface area contributed by atoms with Crippen LogP contribution in [-0.4, -0.2) is 48.6 Å². The number of rotatable bonds is 4. The number of carbonyl (C=O) groups excluding carboxylic acids is 4. The summed E-state index contributed by atoms with van der Waals surface area (Å²) in [5.74, 6) is -1.78. The van der Waals surface area contributed by atoms with E-state index < -0.39 is 24.1 Å². The molecule has 0 atom stereocenters. The Morgan fingerprint density at radius 1 is 0.605 bits per heavy atom. The molecule has 0 bridgehead atoms. The molecule has 10 nitrogen and oxygen atoms in total. The van der Waals surface area contributed by atoms with Crippen LogP contribution in [0.3, 0.4) is 0 Å². The lowest BCUT2D eigenvalue weighted by Crippen LogP contribution is -2.25. The Bertz CT molecular complexity index is 1520. The lowest BCUT2D eigenvalue weighted by Gasteiger charge is -2.19. The smallest absolute Gasteiger partial charge is 0.437 e. The molecule has 2 amide bonds. The van der Waals surface area contributed by atoms with Gasteiger partial charge in [-0.15, -0.1) is 5.06 Å². The molecule has 0 aromatic heterocycles. The van der Waals surface area contributed by atoms with Gasteiger partial charge in [0, 0.05) is 22.3 Å². The highest BCUT2D eigenvalue weighted by Gasteiger charge is 2.42. The van der Waals surface area contributed by atoms with Crippen LogP contribution in [0.4, 0.5) is 9.59 Å². The number of methoxy groups -OCH3 is 2. The van der Waals surface area contributed by atoms with Crippen LogP contribution >= 0.6 is 0 Å². The third kappa shape index (κ3) is 3.89. The number of amides is 2. The van der Waals surface area contributed by atoms with E-state index in [4.69, 9.17) is 9.47 Å². The zero-order valence-corrected chi connectivity index (χ0v) is 20.1. The zero-order chi connectivity index (χ0) is 27.0. The number of hydrogen-bond donors (Lipinski definition) is 1. The summed E-state index contributed by atoms with van der Waals surface area (Å²) < 4.78 is 19.9. The molecule has 38 heavy (non-hydrogen) atoms. The molecule has 1 aliphatic heterocycles. The molecule has 4 aromatic rings. The third-order valence-electron chi connectivity index (χ3n) is 6.06. The van der Waals surface area contributed by atoms with Crippen molar-refractivity contribution >= 4 is 34.9 Å². The van der Waals surface area contributed by atoms with Crippen molar-refractivity contribution < 1.29 is 43.3 Å². The van der Waals surface area contributed by atoms with Crippen molar-refractivity contribution in [3.8, 4) is 33.8 Å². The summed E-state index contributed by atoms with van der Waals surface area (Å²) in [7, 11) is 2.32. The van der Waals surface area contributed by atoms with Crippen LogP contribution in [-0.2, 0) is 9.47 Å². The Morgan fingerprint density at radius 3 is 1.37 bits per heavy atom. The first-order valence-corrected chi connectivity index (χ1v) is 11.2. The molecule has 0 aliphatic carbocycles. The molecule has 1 heterocycles. The average Bonchev–Trinajstić information content (AvgIpc) is 3.16. The standard InChI is InChI=1S/C28H19NO9/c1-35-27(32)37-19-13-7-5-11-17(19)21-15-9-3-4-10-16(15)22(24-23(21)25(30)29(34)26(24)31)18-12-6-8-14-20(18)38-28(33)36-2/h3-14,34H,1-2H3. The number of benzene rings is 4. The summed E-state index contributed by atoms with van der Waals surface area (Å²) in [4.78, 5) is 50.6. The predicted octanol–water partition coefficient (Wildman–Crippen LogP) is 5.45. The van der Waals surface area contributed by atoms with Crippen LogP contribution in [0, 0.1) is 0 Å². The lowest BCUT2D eigenvalue weighted by molar-refractivity contribution is -0.0326. The number of para-hydroxylation sites is 2. The van der Waals surface area contributed by atoms with Gasteiger partial charge in [0.05, 0.1) is 25.3 Å². The van der Waals surface area contributed by atoms with Crippen LogP contribution in [0.2, 0.25) is 0 Å². The summed E-state index contributed by atoms with van der Waals surface area (Å²) in [6.45, 7) is 0. The van der Waals surface area contributed by atoms with Gasteiger partial charge < -0.3 is 18.9 Å². The minimum Gasteiger partial charge on any atom is -0.437 e. The summed E-state index contributed by atoms with van der Waals surface area (Å²) >= 11 is 0. The molecular formula is C28H19NO9. The minimum atomic E-state index is -0.977. The van der Waals surface area contributed by atoms with E-state index in [1.165, 1.54) is 12.1 Å². The van der Waals surface area contributed by atoms with Gasteiger partial charge in [-0.2, -0.15) is 0 Å². The van der Waals surface area contributed by atoms with Gasteiger partial charge in [0.1, 0.15) is 11.5 Å². The Balaban J connectivity index is 1.92. The highest BCUT2D eigenvalue weighted by molar-refractivity contribution is 6.31. The number of hydroxylamine groups is 2. The molecule has 1 aliphatic rings. The molecule has 4 aromatic carbocycles. The van der Waals surface area contributed by atoms with E-state index >= 15 is 0 Å². The lowest BCUT2D eigenvalue weighted by atomic mass is 9.84. The van der Waals surface area contributed by atoms with Gasteiger partial charge in [0.15, 0.2) is 0 Å². The molecule has 190 valence electrons. The molecule has 1 N–H and O–H groups in total. The predicted molar refractivity (Wildman–Crippen MR) is 133 cm³/mol. The van der Waals surface area contributed by atoms with Gasteiger partial charge in [-0.25, -0.2) is 9.59 Å². The SMILES string of the molecule is COC(=O)Oc1ccccc1-c1c2c(c(-c3ccccc3OC(=O)OC)c3ccccc13)C(=O)N(O)C2=O. The molecule has 0 saturated carbocycles. The highest BCUT2D eigenvalue weighted by Crippen LogP contribution is 2.48. The molecule has 5 rings (SSSR count). The quantitative estimate of drug-likeness (QED) is 0.164. The van der Waals surface area contributed by atoms with Crippen LogP contribution in [0.1, 0.15) is 20.7 Å². The summed E-state index contributed by atoms with van der Waals surface area (Å²) in [5.41, 5.74) is 0.931. The van der Waals surface area contributed by atoms with Crippen LogP contribution < -0.4 is 9.47 Å². The summed E-state index contributed by atoms with van der Waals surface area (Å²) in [5, 5.41) is 11.5. The van der Waals surface area contributed by atoms with E-state index in [0.717, 1.165) is 14.2 Å².